The Bertz CT molecular complexity index is 802. The Hall–Kier alpha value is -2.50. The summed E-state index contributed by atoms with van der Waals surface area (Å²) in [4.78, 5) is 21.3. The first-order valence-electron chi connectivity index (χ1n) is 9.85. The Morgan fingerprint density at radius 3 is 2.81 bits per heavy atom. The highest BCUT2D eigenvalue weighted by molar-refractivity contribution is 5.87. The smallest absolute Gasteiger partial charge is 0.243 e. The first-order chi connectivity index (χ1) is 13.0. The molecule has 0 atom stereocenters. The van der Waals surface area contributed by atoms with Crippen LogP contribution < -0.4 is 10.6 Å². The van der Waals surface area contributed by atoms with E-state index in [0.717, 1.165) is 18.9 Å². The number of amides is 1. The molecule has 1 aromatic carbocycles. The average Bonchev–Trinajstić information content (AvgIpc) is 3.29. The van der Waals surface area contributed by atoms with Crippen LogP contribution in [0.3, 0.4) is 0 Å². The van der Waals surface area contributed by atoms with Gasteiger partial charge in [-0.1, -0.05) is 25.0 Å². The maximum atomic E-state index is 11.9. The van der Waals surface area contributed by atoms with Crippen molar-refractivity contribution in [3.8, 4) is 0 Å². The Labute approximate surface area is 161 Å². The molecule has 3 rings (SSSR count). The fourth-order valence-electron chi connectivity index (χ4n) is 3.67. The van der Waals surface area contributed by atoms with E-state index in [4.69, 9.17) is 0 Å². The fraction of sp³-hybridized carbons (Fsp3) is 0.524. The Morgan fingerprint density at radius 1 is 1.30 bits per heavy atom. The summed E-state index contributed by atoms with van der Waals surface area (Å²) in [6.45, 7) is 3.09. The predicted octanol–water partition coefficient (Wildman–Crippen LogP) is 2.58. The third kappa shape index (κ3) is 5.02. The van der Waals surface area contributed by atoms with E-state index in [1.54, 1.807) is 19.0 Å². The van der Waals surface area contributed by atoms with Crippen LogP contribution in [0.25, 0.3) is 10.9 Å². The van der Waals surface area contributed by atoms with Gasteiger partial charge in [0.15, 0.2) is 5.96 Å². The second kappa shape index (κ2) is 8.93. The number of aryl methyl sites for hydroxylation is 1. The number of aromatic nitrogens is 1. The van der Waals surface area contributed by atoms with Gasteiger partial charge in [0.05, 0.1) is 0 Å². The Morgan fingerprint density at radius 2 is 2.07 bits per heavy atom. The van der Waals surface area contributed by atoms with Gasteiger partial charge in [0.25, 0.3) is 0 Å². The van der Waals surface area contributed by atoms with Crippen LogP contribution in [-0.2, 0) is 11.2 Å². The van der Waals surface area contributed by atoms with Crippen LogP contribution in [0.4, 0.5) is 0 Å². The normalized spacial score (nSPS) is 15.3. The number of hydrogen-bond donors (Lipinski definition) is 3. The second-order valence-corrected chi connectivity index (χ2v) is 7.57. The highest BCUT2D eigenvalue weighted by Crippen LogP contribution is 2.22. The van der Waals surface area contributed by atoms with Crippen LogP contribution in [0.2, 0.25) is 0 Å². The minimum absolute atomic E-state index is 0.00905. The Balaban J connectivity index is 1.62. The van der Waals surface area contributed by atoms with Crippen LogP contribution in [0.1, 0.15) is 36.8 Å². The summed E-state index contributed by atoms with van der Waals surface area (Å²) in [7, 11) is 3.52. The summed E-state index contributed by atoms with van der Waals surface area (Å²) < 4.78 is 0. The van der Waals surface area contributed by atoms with Crippen molar-refractivity contribution in [3.05, 3.63) is 35.5 Å². The zero-order chi connectivity index (χ0) is 19.2. The zero-order valence-corrected chi connectivity index (χ0v) is 16.6. The van der Waals surface area contributed by atoms with E-state index in [-0.39, 0.29) is 12.5 Å². The lowest BCUT2D eigenvalue weighted by Gasteiger charge is -2.18. The summed E-state index contributed by atoms with van der Waals surface area (Å²) in [6, 6.07) is 6.80. The number of likely N-dealkylation sites (N-methyl/N-ethyl adjacent to an activating group) is 1. The number of hydrogen-bond acceptors (Lipinski definition) is 2. The van der Waals surface area contributed by atoms with E-state index >= 15 is 0 Å². The number of aliphatic imine (C=N–C) groups is 1. The number of carbonyl (C=O) groups is 1. The van der Waals surface area contributed by atoms with E-state index in [0.29, 0.717) is 6.04 Å². The van der Waals surface area contributed by atoms with E-state index in [9.17, 15) is 4.79 Å². The molecule has 0 saturated heterocycles. The van der Waals surface area contributed by atoms with Gasteiger partial charge in [-0.25, -0.2) is 4.99 Å². The molecule has 1 aliphatic carbocycles. The maximum Gasteiger partial charge on any atom is 0.243 e. The van der Waals surface area contributed by atoms with Crippen molar-refractivity contribution in [1.29, 1.82) is 0 Å². The number of fused-ring (bicyclic) bond motifs is 1. The van der Waals surface area contributed by atoms with Gasteiger partial charge in [0, 0.05) is 43.8 Å². The van der Waals surface area contributed by atoms with Crippen molar-refractivity contribution in [3.63, 3.8) is 0 Å². The van der Waals surface area contributed by atoms with Crippen molar-refractivity contribution in [1.82, 2.24) is 20.5 Å². The Kier molecular flexibility index (Phi) is 6.37. The van der Waals surface area contributed by atoms with Gasteiger partial charge >= 0.3 is 0 Å². The fourth-order valence-corrected chi connectivity index (χ4v) is 3.67. The molecule has 0 aliphatic heterocycles. The highest BCUT2D eigenvalue weighted by Gasteiger charge is 2.16. The summed E-state index contributed by atoms with van der Waals surface area (Å²) in [5.74, 6) is 0.753. The molecule has 1 heterocycles. The molecular weight excluding hydrogens is 338 g/mol. The number of rotatable bonds is 6. The van der Waals surface area contributed by atoms with Crippen LogP contribution >= 0.6 is 0 Å². The molecule has 0 spiro atoms. The quantitative estimate of drug-likeness (QED) is 0.541. The van der Waals surface area contributed by atoms with Crippen molar-refractivity contribution in [2.45, 2.75) is 45.1 Å². The van der Waals surface area contributed by atoms with Gasteiger partial charge in [-0.05, 0) is 43.4 Å². The van der Waals surface area contributed by atoms with E-state index in [2.05, 4.69) is 51.9 Å². The average molecular weight is 370 g/mol. The molecular formula is C21H31N5O. The van der Waals surface area contributed by atoms with Gasteiger partial charge in [-0.15, -0.1) is 0 Å². The number of guanidine groups is 1. The SMILES string of the molecule is Cc1cccc2[nH]cc(CCNC(=NCC(=O)N(C)C)NC3CCCC3)c12. The molecule has 6 nitrogen and oxygen atoms in total. The first kappa shape index (κ1) is 19.3. The minimum atomic E-state index is 0.00905. The molecule has 1 amide bonds. The molecule has 146 valence electrons. The molecule has 6 heteroatoms. The standard InChI is InChI=1S/C21H31N5O/c1-15-7-6-10-18-20(15)16(13-23-18)11-12-22-21(24-14-19(27)26(2)3)25-17-8-4-5-9-17/h6-7,10,13,17,23H,4-5,8-9,11-12,14H2,1-3H3,(H2,22,24,25). The number of nitrogens with zero attached hydrogens (tertiary/aromatic N) is 2. The molecule has 0 radical (unpaired) electrons. The molecule has 1 fully saturated rings. The van der Waals surface area contributed by atoms with Gasteiger partial charge in [-0.2, -0.15) is 0 Å². The number of nitrogens with one attached hydrogen (secondary N) is 3. The predicted molar refractivity (Wildman–Crippen MR) is 111 cm³/mol. The third-order valence-electron chi connectivity index (χ3n) is 5.25. The summed E-state index contributed by atoms with van der Waals surface area (Å²) in [5, 5.41) is 8.23. The first-order valence-corrected chi connectivity index (χ1v) is 9.85. The van der Waals surface area contributed by atoms with E-state index in [1.165, 1.54) is 47.7 Å². The molecule has 1 saturated carbocycles. The van der Waals surface area contributed by atoms with Crippen molar-refractivity contribution < 1.29 is 4.79 Å². The summed E-state index contributed by atoms with van der Waals surface area (Å²) in [5.41, 5.74) is 3.78. The lowest BCUT2D eigenvalue weighted by Crippen LogP contribution is -2.43. The summed E-state index contributed by atoms with van der Waals surface area (Å²) in [6.07, 6.45) is 7.86. The van der Waals surface area contributed by atoms with E-state index in [1.807, 2.05) is 0 Å². The molecule has 1 aromatic heterocycles. The number of aromatic amines is 1. The lowest BCUT2D eigenvalue weighted by molar-refractivity contribution is -0.127. The topological polar surface area (TPSA) is 72.5 Å². The number of carbonyl (C=O) groups excluding carboxylic acids is 1. The van der Waals surface area contributed by atoms with Gasteiger partial charge in [0.1, 0.15) is 6.54 Å². The van der Waals surface area contributed by atoms with Gasteiger partial charge in [-0.3, -0.25) is 4.79 Å². The molecule has 3 N–H and O–H groups in total. The molecule has 2 aromatic rings. The highest BCUT2D eigenvalue weighted by atomic mass is 16.2. The van der Waals surface area contributed by atoms with Crippen LogP contribution in [-0.4, -0.2) is 55.0 Å². The summed E-state index contributed by atoms with van der Waals surface area (Å²) >= 11 is 0. The molecule has 0 unspecified atom stereocenters. The second-order valence-electron chi connectivity index (χ2n) is 7.57. The van der Waals surface area contributed by atoms with Crippen LogP contribution in [0, 0.1) is 6.92 Å². The monoisotopic (exact) mass is 369 g/mol. The zero-order valence-electron chi connectivity index (χ0n) is 16.6. The minimum Gasteiger partial charge on any atom is -0.361 e. The number of H-pyrrole nitrogens is 1. The largest absolute Gasteiger partial charge is 0.361 e. The van der Waals surface area contributed by atoms with Crippen LogP contribution in [0.5, 0.6) is 0 Å². The number of benzene rings is 1. The van der Waals surface area contributed by atoms with Crippen LogP contribution in [0.15, 0.2) is 29.4 Å². The van der Waals surface area contributed by atoms with Crippen molar-refractivity contribution in [2.24, 2.45) is 4.99 Å². The third-order valence-corrected chi connectivity index (χ3v) is 5.25. The van der Waals surface area contributed by atoms with Gasteiger partial charge < -0.3 is 20.5 Å². The van der Waals surface area contributed by atoms with E-state index < -0.39 is 0 Å². The van der Waals surface area contributed by atoms with Crippen molar-refractivity contribution in [2.75, 3.05) is 27.2 Å². The maximum absolute atomic E-state index is 11.9. The molecule has 1 aliphatic rings. The van der Waals surface area contributed by atoms with Crippen molar-refractivity contribution >= 4 is 22.8 Å². The molecule has 0 bridgehead atoms. The van der Waals surface area contributed by atoms with Gasteiger partial charge in [0.2, 0.25) is 5.91 Å². The molecule has 27 heavy (non-hydrogen) atoms. The lowest BCUT2D eigenvalue weighted by atomic mass is 10.1.